The molecular weight excluding hydrogens is 631 g/mol. The van der Waals surface area contributed by atoms with Crippen molar-refractivity contribution < 1.29 is 54.6 Å². The highest BCUT2D eigenvalue weighted by Gasteiger charge is 2.57. The first-order valence-electron chi connectivity index (χ1n) is 13.5. The van der Waals surface area contributed by atoms with Crippen molar-refractivity contribution >= 4 is 42.1 Å². The number of anilines is 2. The van der Waals surface area contributed by atoms with Crippen LogP contribution in [0.15, 0.2) is 62.5 Å². The third kappa shape index (κ3) is 5.62. The van der Waals surface area contributed by atoms with Crippen molar-refractivity contribution in [3.63, 3.8) is 0 Å². The van der Waals surface area contributed by atoms with Gasteiger partial charge in [0.1, 0.15) is 60.2 Å². The average Bonchev–Trinajstić information content (AvgIpc) is 3.81. The van der Waals surface area contributed by atoms with Crippen LogP contribution in [-0.2, 0) is 19.0 Å². The molecule has 6 rings (SSSR count). The average molecular weight is 665 g/mol. The lowest BCUT2D eigenvalue weighted by atomic mass is 9.94. The van der Waals surface area contributed by atoms with Gasteiger partial charge in [0.15, 0.2) is 23.7 Å². The van der Waals surface area contributed by atoms with Crippen molar-refractivity contribution in [1.82, 2.24) is 29.1 Å². The quantitative estimate of drug-likeness (QED) is 0.0427. The second kappa shape index (κ2) is 13.2. The maximum absolute atomic E-state index is 10.8. The molecule has 0 bridgehead atoms. The monoisotopic (exact) mass is 664 g/mol. The fourth-order valence-corrected chi connectivity index (χ4v) is 5.41. The Kier molecular flexibility index (Phi) is 9.66. The number of aromatic nitrogens is 6. The molecule has 4 aromatic rings. The molecule has 0 radical (unpaired) electrons. The van der Waals surface area contributed by atoms with Crippen LogP contribution in [0.1, 0.15) is 12.5 Å². The lowest BCUT2D eigenvalue weighted by molar-refractivity contribution is -0.332. The lowest BCUT2D eigenvalue weighted by Gasteiger charge is -2.28. The summed E-state index contributed by atoms with van der Waals surface area (Å²) < 4.78 is 18.6. The van der Waals surface area contributed by atoms with Crippen molar-refractivity contribution in [2.75, 3.05) is 24.4 Å². The molecule has 0 saturated carbocycles. The number of hydrogen-bond acceptors (Lipinski definition) is 17. The number of aliphatic hydroxyl groups excluding tert-OH is 4. The zero-order chi connectivity index (χ0) is 33.4. The summed E-state index contributed by atoms with van der Waals surface area (Å²) in [7, 11) is -2.25. The lowest BCUT2D eigenvalue weighted by Crippen LogP contribution is -2.45. The van der Waals surface area contributed by atoms with E-state index in [1.807, 2.05) is 0 Å². The number of fused-ring (bicyclic) bond motifs is 2. The predicted octanol–water partition coefficient (Wildman–Crippen LogP) is -1.47. The van der Waals surface area contributed by atoms with Gasteiger partial charge in [-0.15, -0.1) is 0 Å². The van der Waals surface area contributed by atoms with E-state index in [2.05, 4.69) is 37.8 Å². The first-order chi connectivity index (χ1) is 21.9. The molecule has 2 aliphatic rings. The Bertz CT molecular complexity index is 1710. The Morgan fingerprint density at radius 2 is 1.37 bits per heavy atom. The number of hydrogen-bond donors (Lipinski definition) is 9. The third-order valence-corrected chi connectivity index (χ3v) is 8.18. The van der Waals surface area contributed by atoms with Crippen LogP contribution in [-0.4, -0.2) is 113 Å². The van der Waals surface area contributed by atoms with Crippen LogP contribution in [0.3, 0.4) is 0 Å². The summed E-state index contributed by atoms with van der Waals surface area (Å²) in [5.41, 5.74) is 8.69. The van der Waals surface area contributed by atoms with Crippen LogP contribution in [0.2, 0.25) is 0 Å². The Morgan fingerprint density at radius 3 is 1.85 bits per heavy atom. The summed E-state index contributed by atoms with van der Waals surface area (Å²) in [5, 5.41) is 61.0. The predicted molar refractivity (Wildman–Crippen MR) is 159 cm³/mol. The van der Waals surface area contributed by atoms with Gasteiger partial charge >= 0.3 is 0 Å². The fraction of sp³-hybridized carbons (Fsp3) is 0.385. The molecule has 20 heteroatoms. The van der Waals surface area contributed by atoms with Crippen molar-refractivity contribution in [2.45, 2.75) is 48.3 Å². The highest BCUT2D eigenvalue weighted by molar-refractivity contribution is 7.45. The Balaban J connectivity index is 0.000000184. The maximum Gasteiger partial charge on any atom is 0.232 e. The number of rotatable bonds is 9. The molecule has 248 valence electrons. The summed E-state index contributed by atoms with van der Waals surface area (Å²) in [4.78, 5) is 30.0. The van der Waals surface area contributed by atoms with E-state index in [9.17, 15) is 30.4 Å². The minimum absolute atomic E-state index is 0.245. The summed E-state index contributed by atoms with van der Waals surface area (Å²) in [6, 6.07) is 3.32. The second-order valence-electron chi connectivity index (χ2n) is 10.2. The molecule has 46 heavy (non-hydrogen) atoms. The van der Waals surface area contributed by atoms with Crippen LogP contribution in [0.5, 0.6) is 0 Å². The van der Waals surface area contributed by atoms with Gasteiger partial charge in [-0.25, -0.2) is 19.9 Å². The topological polar surface area (TPSA) is 292 Å². The fourth-order valence-electron chi connectivity index (χ4n) is 5.18. The second-order valence-corrected chi connectivity index (χ2v) is 11.4. The zero-order valence-corrected chi connectivity index (χ0v) is 24.9. The van der Waals surface area contributed by atoms with E-state index < -0.39 is 69.6 Å². The Labute approximate surface area is 261 Å². The van der Waals surface area contributed by atoms with Crippen LogP contribution < -0.4 is 11.5 Å². The smallest absolute Gasteiger partial charge is 0.232 e. The van der Waals surface area contributed by atoms with Crippen LogP contribution in [0, 0.1) is 0 Å². The van der Waals surface area contributed by atoms with Gasteiger partial charge in [-0.1, -0.05) is 25.3 Å². The molecule has 9 atom stereocenters. The molecule has 2 fully saturated rings. The third-order valence-electron chi connectivity index (χ3n) is 7.68. The molecule has 2 saturated heterocycles. The van der Waals surface area contributed by atoms with E-state index >= 15 is 0 Å². The normalized spacial score (nSPS) is 31.5. The first kappa shape index (κ1) is 33.7. The Hall–Kier alpha value is -3.69. The molecule has 2 aliphatic heterocycles. The summed E-state index contributed by atoms with van der Waals surface area (Å²) in [6.45, 7) is 6.65. The van der Waals surface area contributed by atoms with Gasteiger partial charge in [0.05, 0.1) is 17.4 Å². The number of ether oxygens (including phenoxy) is 2. The van der Waals surface area contributed by atoms with Crippen molar-refractivity contribution in [3.8, 4) is 0 Å². The SMILES string of the molecule is C=C[C@@]1(O)C(O)[C@@H](CO)O[C@H]1n1ccc2c(N)ncnc21.C=C[C@@]1(O)C(O)[C@@H](OOP(O)CO)O[C@H]1n1ccc2c(N)ncnc21. The summed E-state index contributed by atoms with van der Waals surface area (Å²) in [6.07, 6.45) is -0.0269. The number of nitrogens with two attached hydrogens (primary N) is 2. The maximum atomic E-state index is 10.8. The van der Waals surface area contributed by atoms with Gasteiger partial charge < -0.3 is 65.6 Å². The minimum atomic E-state index is -2.25. The van der Waals surface area contributed by atoms with E-state index in [0.29, 0.717) is 27.9 Å². The highest BCUT2D eigenvalue weighted by atomic mass is 31.2. The van der Waals surface area contributed by atoms with Crippen LogP contribution >= 0.6 is 8.38 Å². The largest absolute Gasteiger partial charge is 0.394 e. The van der Waals surface area contributed by atoms with Crippen molar-refractivity contribution in [2.24, 2.45) is 0 Å². The molecular formula is C26H33N8O11P. The van der Waals surface area contributed by atoms with Crippen molar-refractivity contribution in [1.29, 1.82) is 0 Å². The van der Waals surface area contributed by atoms with Gasteiger partial charge in [0.25, 0.3) is 0 Å². The number of aliphatic hydroxyl groups is 6. The van der Waals surface area contributed by atoms with Crippen LogP contribution in [0.25, 0.3) is 22.1 Å². The molecule has 0 spiro atoms. The molecule has 6 heterocycles. The van der Waals surface area contributed by atoms with E-state index in [4.69, 9.17) is 30.9 Å². The zero-order valence-electron chi connectivity index (χ0n) is 24.0. The molecule has 4 aromatic heterocycles. The van der Waals surface area contributed by atoms with Gasteiger partial charge in [-0.05, 0) is 12.1 Å². The van der Waals surface area contributed by atoms with Gasteiger partial charge in [0.2, 0.25) is 14.7 Å². The molecule has 0 aromatic carbocycles. The van der Waals surface area contributed by atoms with Gasteiger partial charge in [-0.3, -0.25) is 0 Å². The van der Waals surface area contributed by atoms with E-state index in [0.717, 1.165) is 6.08 Å². The minimum Gasteiger partial charge on any atom is -0.394 e. The summed E-state index contributed by atoms with van der Waals surface area (Å²) >= 11 is 0. The van der Waals surface area contributed by atoms with Gasteiger partial charge in [0, 0.05) is 12.4 Å². The molecule has 0 amide bonds. The van der Waals surface area contributed by atoms with Crippen molar-refractivity contribution in [3.05, 3.63) is 62.5 Å². The molecule has 19 nitrogen and oxygen atoms in total. The molecule has 11 N–H and O–H groups in total. The number of nitrogens with zero attached hydrogens (tertiary/aromatic N) is 6. The molecule has 3 unspecified atom stereocenters. The van der Waals surface area contributed by atoms with E-state index in [1.165, 1.54) is 27.9 Å². The standard InChI is InChI=1S/C13H17N4O7P.C13H16N4O4/c1-2-13(20)8(19)11(23-24-25(21)6-18)22-12(13)17-4-3-7-9(14)15-5-16-10(7)17;1-2-13(20)9(19)8(5-18)21-12(13)17-4-3-7-10(14)15-6-16-11(7)17/h2-5,8,11-12,18-21H,1,6H2,(H2,14,15,16);2-4,6,8-9,12,18-20H,1,5H2,(H2,14,15,16)/t8?,11-,12-,13-,25?;8-,9?,12-,13-/m11/s1. The Morgan fingerprint density at radius 1 is 0.870 bits per heavy atom. The highest BCUT2D eigenvalue weighted by Crippen LogP contribution is 2.43. The van der Waals surface area contributed by atoms with Gasteiger partial charge in [-0.2, -0.15) is 9.56 Å². The van der Waals surface area contributed by atoms with Crippen LogP contribution in [0.4, 0.5) is 11.6 Å². The first-order valence-corrected chi connectivity index (χ1v) is 14.9. The van der Waals surface area contributed by atoms with E-state index in [-0.39, 0.29) is 5.82 Å². The molecule has 0 aliphatic carbocycles. The summed E-state index contributed by atoms with van der Waals surface area (Å²) in [5.74, 6) is 0.549. The van der Waals surface area contributed by atoms with E-state index in [1.54, 1.807) is 24.5 Å². The number of nitrogen functional groups attached to an aromatic ring is 2.